The van der Waals surface area contributed by atoms with Crippen molar-refractivity contribution in [2.75, 3.05) is 25.6 Å². The van der Waals surface area contributed by atoms with Crippen LogP contribution in [0.1, 0.15) is 36.4 Å². The van der Waals surface area contributed by atoms with Crippen molar-refractivity contribution < 1.29 is 32.3 Å². The number of amides is 1. The summed E-state index contributed by atoms with van der Waals surface area (Å²) in [6.45, 7) is 5.95. The minimum Gasteiger partial charge on any atom is -0.493 e. The number of ether oxygens (including phenoxy) is 2. The van der Waals surface area contributed by atoms with Gasteiger partial charge in [0.05, 0.1) is 32.4 Å². The van der Waals surface area contributed by atoms with Crippen LogP contribution in [0.3, 0.4) is 0 Å². The van der Waals surface area contributed by atoms with Crippen LogP contribution in [0.4, 0.5) is 5.82 Å². The highest BCUT2D eigenvalue weighted by atomic mass is 31.2. The van der Waals surface area contributed by atoms with E-state index >= 15 is 0 Å². The van der Waals surface area contributed by atoms with E-state index < -0.39 is 7.60 Å². The van der Waals surface area contributed by atoms with E-state index in [4.69, 9.17) is 22.9 Å². The van der Waals surface area contributed by atoms with Crippen molar-refractivity contribution in [2.24, 2.45) is 0 Å². The van der Waals surface area contributed by atoms with Crippen LogP contribution in [-0.4, -0.2) is 41.0 Å². The van der Waals surface area contributed by atoms with E-state index in [0.29, 0.717) is 45.8 Å². The lowest BCUT2D eigenvalue weighted by atomic mass is 10.1. The average Bonchev–Trinajstić information content (AvgIpc) is 3.66. The number of nitrogens with zero attached hydrogens (tertiary/aromatic N) is 3. The van der Waals surface area contributed by atoms with Crippen molar-refractivity contribution in [3.05, 3.63) is 113 Å². The lowest BCUT2D eigenvalue weighted by molar-refractivity contribution is -0.115. The number of aryl methyl sites for hydroxylation is 1. The molecule has 0 atom stereocenters. The maximum Gasteiger partial charge on any atom is 0.354 e. The van der Waals surface area contributed by atoms with E-state index in [0.717, 1.165) is 11.3 Å². The molecule has 0 bridgehead atoms. The number of nitrogens with one attached hydrogen (secondary N) is 1. The van der Waals surface area contributed by atoms with E-state index in [2.05, 4.69) is 15.4 Å². The molecule has 47 heavy (non-hydrogen) atoms. The number of hydrogen-bond acceptors (Lipinski definition) is 9. The fourth-order valence-corrected chi connectivity index (χ4v) is 6.00. The normalized spacial score (nSPS) is 11.6. The minimum atomic E-state index is -3.48. The van der Waals surface area contributed by atoms with E-state index in [1.54, 1.807) is 56.1 Å². The molecule has 11 nitrogen and oxygen atoms in total. The van der Waals surface area contributed by atoms with Gasteiger partial charge in [-0.25, -0.2) is 9.67 Å². The Morgan fingerprint density at radius 2 is 1.68 bits per heavy atom. The fourth-order valence-electron chi connectivity index (χ4n) is 4.69. The number of aromatic nitrogens is 3. The summed E-state index contributed by atoms with van der Waals surface area (Å²) in [6.07, 6.45) is 3.36. The van der Waals surface area contributed by atoms with Crippen molar-refractivity contribution in [2.45, 2.75) is 33.8 Å². The zero-order chi connectivity index (χ0) is 33.2. The van der Waals surface area contributed by atoms with Gasteiger partial charge in [0.25, 0.3) is 0 Å². The third kappa shape index (κ3) is 8.65. The number of hydrogen-bond donors (Lipinski definition) is 1. The number of para-hydroxylation sites is 1. The molecule has 5 rings (SSSR count). The smallest absolute Gasteiger partial charge is 0.354 e. The van der Waals surface area contributed by atoms with E-state index in [1.807, 2.05) is 67.6 Å². The lowest BCUT2D eigenvalue weighted by Gasteiger charge is -2.12. The molecule has 12 heteroatoms. The topological polar surface area (TPSA) is 127 Å². The van der Waals surface area contributed by atoms with Crippen molar-refractivity contribution in [3.8, 4) is 28.6 Å². The minimum absolute atomic E-state index is 0.0389. The molecule has 0 saturated heterocycles. The predicted octanol–water partition coefficient (Wildman–Crippen LogP) is 7.84. The van der Waals surface area contributed by atoms with Crippen LogP contribution in [0.15, 0.2) is 95.3 Å². The maximum atomic E-state index is 13.3. The third-order valence-corrected chi connectivity index (χ3v) is 8.70. The Labute approximate surface area is 273 Å². The molecular weight excluding hydrogens is 619 g/mol. The van der Waals surface area contributed by atoms with Crippen LogP contribution < -0.4 is 14.8 Å². The second kappa shape index (κ2) is 15.6. The van der Waals surface area contributed by atoms with Gasteiger partial charge < -0.3 is 28.3 Å². The van der Waals surface area contributed by atoms with Gasteiger partial charge in [-0.1, -0.05) is 42.5 Å². The Morgan fingerprint density at radius 1 is 0.979 bits per heavy atom. The molecule has 244 valence electrons. The summed E-state index contributed by atoms with van der Waals surface area (Å²) in [5, 5.41) is 7.47. The lowest BCUT2D eigenvalue weighted by Crippen LogP contribution is -2.15. The Balaban J connectivity index is 1.30. The number of methoxy groups -OCH3 is 1. The first kappa shape index (κ1) is 33.4. The Morgan fingerprint density at radius 3 is 2.36 bits per heavy atom. The number of anilines is 1. The van der Waals surface area contributed by atoms with Crippen LogP contribution in [0.25, 0.3) is 23.2 Å². The molecule has 5 aromatic rings. The molecule has 3 aromatic carbocycles. The molecule has 1 N–H and O–H groups in total. The van der Waals surface area contributed by atoms with E-state index in [-0.39, 0.29) is 32.1 Å². The molecule has 2 aromatic heterocycles. The van der Waals surface area contributed by atoms with Crippen molar-refractivity contribution in [3.63, 3.8) is 0 Å². The van der Waals surface area contributed by atoms with Crippen LogP contribution >= 0.6 is 7.60 Å². The van der Waals surface area contributed by atoms with Gasteiger partial charge in [0.2, 0.25) is 11.8 Å². The number of carbonyl (C=O) groups is 1. The zero-order valence-corrected chi connectivity index (χ0v) is 27.6. The SMILES string of the molecule is CCOP(=O)(C=Cc1cn(-c2ccccc2)nc1NC(=O)Cc1ccc(OCc2nc(-c3ccccc3)oc2C)c(OC)c1)OCC. The number of carbonyl (C=O) groups excluding carboxylic acids is 1. The van der Waals surface area contributed by atoms with Crippen LogP contribution in [0.2, 0.25) is 0 Å². The van der Waals surface area contributed by atoms with Crippen LogP contribution in [0, 0.1) is 6.92 Å². The standard InChI is InChI=1S/C35H37N4O7P/c1-5-44-47(41,45-6-2)20-19-28-23-39(29-15-11-8-12-16-29)38-34(28)37-33(40)22-26-17-18-31(32(21-26)42-4)43-24-30-25(3)46-35(36-30)27-13-9-7-10-14-27/h7-21,23H,5-6,22,24H2,1-4H3,(H,37,38,40). The van der Waals surface area contributed by atoms with Crippen molar-refractivity contribution in [1.82, 2.24) is 14.8 Å². The largest absolute Gasteiger partial charge is 0.493 e. The van der Waals surface area contributed by atoms with Crippen LogP contribution in [0.5, 0.6) is 11.5 Å². The fraction of sp³-hybridized carbons (Fsp3) is 0.229. The first-order valence-corrected chi connectivity index (χ1v) is 16.8. The molecule has 0 aliphatic rings. The van der Waals surface area contributed by atoms with Gasteiger partial charge in [-0.15, -0.1) is 5.10 Å². The summed E-state index contributed by atoms with van der Waals surface area (Å²) in [5.41, 5.74) is 3.58. The summed E-state index contributed by atoms with van der Waals surface area (Å²) in [4.78, 5) is 17.9. The van der Waals surface area contributed by atoms with Gasteiger partial charge >= 0.3 is 7.60 Å². The first-order valence-electron chi connectivity index (χ1n) is 15.1. The molecule has 0 fully saturated rings. The molecule has 0 spiro atoms. The van der Waals surface area contributed by atoms with Gasteiger partial charge in [0.15, 0.2) is 17.3 Å². The predicted molar refractivity (Wildman–Crippen MR) is 180 cm³/mol. The Bertz CT molecular complexity index is 1860. The summed E-state index contributed by atoms with van der Waals surface area (Å²) in [5.74, 6) is 3.53. The highest BCUT2D eigenvalue weighted by Gasteiger charge is 2.21. The van der Waals surface area contributed by atoms with Crippen molar-refractivity contribution >= 4 is 25.4 Å². The van der Waals surface area contributed by atoms with Gasteiger partial charge in [0, 0.05) is 23.1 Å². The molecule has 1 amide bonds. The number of rotatable bonds is 15. The monoisotopic (exact) mass is 656 g/mol. The average molecular weight is 657 g/mol. The quantitative estimate of drug-likeness (QED) is 0.112. The number of benzene rings is 3. The third-order valence-electron chi connectivity index (χ3n) is 6.95. The molecule has 0 radical (unpaired) electrons. The second-order valence-corrected chi connectivity index (χ2v) is 12.2. The van der Waals surface area contributed by atoms with E-state index in [9.17, 15) is 9.36 Å². The van der Waals surface area contributed by atoms with Crippen LogP contribution in [-0.2, 0) is 31.4 Å². The zero-order valence-electron chi connectivity index (χ0n) is 26.7. The molecule has 2 heterocycles. The van der Waals surface area contributed by atoms with Crippen molar-refractivity contribution in [1.29, 1.82) is 0 Å². The highest BCUT2D eigenvalue weighted by molar-refractivity contribution is 7.57. The maximum absolute atomic E-state index is 13.3. The van der Waals surface area contributed by atoms with Gasteiger partial charge in [-0.2, -0.15) is 0 Å². The molecular formula is C35H37N4O7P. The molecule has 0 unspecified atom stereocenters. The molecule has 0 aliphatic heterocycles. The Kier molecular flexibility index (Phi) is 11.1. The number of oxazole rings is 1. The highest BCUT2D eigenvalue weighted by Crippen LogP contribution is 2.50. The summed E-state index contributed by atoms with van der Waals surface area (Å²) < 4.78 is 42.9. The summed E-state index contributed by atoms with van der Waals surface area (Å²) in [6, 6.07) is 24.4. The van der Waals surface area contributed by atoms with Gasteiger partial charge in [-0.3, -0.25) is 9.36 Å². The molecule has 0 aliphatic carbocycles. The van der Waals surface area contributed by atoms with Gasteiger partial charge in [-0.05, 0) is 68.8 Å². The van der Waals surface area contributed by atoms with E-state index in [1.165, 1.54) is 5.82 Å². The summed E-state index contributed by atoms with van der Waals surface area (Å²) >= 11 is 0. The summed E-state index contributed by atoms with van der Waals surface area (Å²) in [7, 11) is -1.94. The van der Waals surface area contributed by atoms with Gasteiger partial charge in [0.1, 0.15) is 18.1 Å². The second-order valence-electron chi connectivity index (χ2n) is 10.3. The first-order chi connectivity index (χ1) is 22.8. The molecule has 0 saturated carbocycles. The Hall–Kier alpha value is -4.96.